The summed E-state index contributed by atoms with van der Waals surface area (Å²) >= 11 is 0. The SMILES string of the molecule is C=CCNS(=O)(=O)N(C)C1CCCCC1. The highest BCUT2D eigenvalue weighted by Gasteiger charge is 2.26. The smallest absolute Gasteiger partial charge is 0.198 e. The van der Waals surface area contributed by atoms with Gasteiger partial charge in [-0.1, -0.05) is 25.3 Å². The van der Waals surface area contributed by atoms with Gasteiger partial charge in [-0.05, 0) is 12.8 Å². The maximum atomic E-state index is 11.8. The summed E-state index contributed by atoms with van der Waals surface area (Å²) in [5.41, 5.74) is 0. The van der Waals surface area contributed by atoms with Crippen LogP contribution < -0.4 is 4.72 Å². The van der Waals surface area contributed by atoms with Gasteiger partial charge < -0.3 is 0 Å². The van der Waals surface area contributed by atoms with E-state index in [1.807, 2.05) is 0 Å². The van der Waals surface area contributed by atoms with Gasteiger partial charge in [0, 0.05) is 19.6 Å². The summed E-state index contributed by atoms with van der Waals surface area (Å²) in [6.07, 6.45) is 6.99. The van der Waals surface area contributed by atoms with Crippen molar-refractivity contribution >= 4 is 10.2 Å². The van der Waals surface area contributed by atoms with Crippen LogP contribution in [0.2, 0.25) is 0 Å². The van der Waals surface area contributed by atoms with Gasteiger partial charge in [-0.3, -0.25) is 0 Å². The van der Waals surface area contributed by atoms with E-state index >= 15 is 0 Å². The van der Waals surface area contributed by atoms with Gasteiger partial charge in [0.2, 0.25) is 0 Å². The van der Waals surface area contributed by atoms with Crippen LogP contribution in [0.1, 0.15) is 32.1 Å². The topological polar surface area (TPSA) is 49.4 Å². The molecule has 88 valence electrons. The average Bonchev–Trinajstić information content (AvgIpc) is 2.26. The predicted octanol–water partition coefficient (Wildman–Crippen LogP) is 1.27. The molecule has 0 aromatic rings. The van der Waals surface area contributed by atoms with E-state index in [0.717, 1.165) is 25.7 Å². The van der Waals surface area contributed by atoms with Crippen molar-refractivity contribution in [3.63, 3.8) is 0 Å². The Kier molecular flexibility index (Phi) is 4.76. The molecule has 1 fully saturated rings. The minimum atomic E-state index is -3.31. The van der Waals surface area contributed by atoms with E-state index in [1.165, 1.54) is 10.7 Å². The Morgan fingerprint density at radius 3 is 2.53 bits per heavy atom. The lowest BCUT2D eigenvalue weighted by atomic mass is 9.96. The molecule has 0 atom stereocenters. The lowest BCUT2D eigenvalue weighted by Crippen LogP contribution is -2.44. The van der Waals surface area contributed by atoms with Crippen LogP contribution in [0.3, 0.4) is 0 Å². The minimum absolute atomic E-state index is 0.168. The molecule has 5 heteroatoms. The second kappa shape index (κ2) is 5.63. The van der Waals surface area contributed by atoms with Crippen molar-refractivity contribution in [1.82, 2.24) is 9.03 Å². The van der Waals surface area contributed by atoms with Crippen molar-refractivity contribution < 1.29 is 8.42 Å². The monoisotopic (exact) mass is 232 g/mol. The third kappa shape index (κ3) is 3.59. The Morgan fingerprint density at radius 2 is 2.00 bits per heavy atom. The summed E-state index contributed by atoms with van der Waals surface area (Å²) in [5.74, 6) is 0. The average molecular weight is 232 g/mol. The molecule has 0 heterocycles. The summed E-state index contributed by atoms with van der Waals surface area (Å²) in [5, 5.41) is 0. The molecule has 0 aromatic heterocycles. The Hall–Kier alpha value is -0.390. The molecule has 4 nitrogen and oxygen atoms in total. The molecule has 1 aliphatic rings. The van der Waals surface area contributed by atoms with Crippen molar-refractivity contribution in [2.24, 2.45) is 0 Å². The van der Waals surface area contributed by atoms with Gasteiger partial charge in [0.05, 0.1) is 0 Å². The van der Waals surface area contributed by atoms with Crippen LogP contribution >= 0.6 is 0 Å². The highest BCUT2D eigenvalue weighted by atomic mass is 32.2. The van der Waals surface area contributed by atoms with E-state index in [1.54, 1.807) is 13.1 Å². The first-order chi connectivity index (χ1) is 7.08. The molecule has 1 rings (SSSR count). The highest BCUT2D eigenvalue weighted by Crippen LogP contribution is 2.22. The van der Waals surface area contributed by atoms with Crippen LogP contribution in [0.25, 0.3) is 0 Å². The molecule has 0 saturated heterocycles. The van der Waals surface area contributed by atoms with Crippen LogP contribution in [-0.4, -0.2) is 32.4 Å². The lowest BCUT2D eigenvalue weighted by molar-refractivity contribution is 0.283. The zero-order chi connectivity index (χ0) is 11.3. The fraction of sp³-hybridized carbons (Fsp3) is 0.800. The number of hydrogen-bond acceptors (Lipinski definition) is 2. The normalized spacial score (nSPS) is 19.3. The number of nitrogens with one attached hydrogen (secondary N) is 1. The van der Waals surface area contributed by atoms with Gasteiger partial charge in [-0.25, -0.2) is 0 Å². The number of nitrogens with zero attached hydrogens (tertiary/aromatic N) is 1. The maximum Gasteiger partial charge on any atom is 0.279 e. The third-order valence-electron chi connectivity index (χ3n) is 2.88. The summed E-state index contributed by atoms with van der Waals surface area (Å²) in [6.45, 7) is 3.78. The molecular weight excluding hydrogens is 212 g/mol. The summed E-state index contributed by atoms with van der Waals surface area (Å²) in [4.78, 5) is 0. The van der Waals surface area contributed by atoms with Crippen molar-refractivity contribution in [2.75, 3.05) is 13.6 Å². The van der Waals surface area contributed by atoms with Gasteiger partial charge >= 0.3 is 0 Å². The molecule has 1 N–H and O–H groups in total. The minimum Gasteiger partial charge on any atom is -0.198 e. The number of rotatable bonds is 5. The van der Waals surface area contributed by atoms with Gasteiger partial charge in [-0.15, -0.1) is 6.58 Å². The van der Waals surface area contributed by atoms with E-state index < -0.39 is 10.2 Å². The molecule has 0 unspecified atom stereocenters. The van der Waals surface area contributed by atoms with E-state index in [-0.39, 0.29) is 6.04 Å². The summed E-state index contributed by atoms with van der Waals surface area (Å²) < 4.78 is 27.5. The molecule has 1 aliphatic carbocycles. The van der Waals surface area contributed by atoms with Crippen molar-refractivity contribution in [3.05, 3.63) is 12.7 Å². The Labute approximate surface area is 92.5 Å². The lowest BCUT2D eigenvalue weighted by Gasteiger charge is -2.30. The Bertz CT molecular complexity index is 295. The van der Waals surface area contributed by atoms with E-state index in [2.05, 4.69) is 11.3 Å². The first-order valence-corrected chi connectivity index (χ1v) is 6.85. The third-order valence-corrected chi connectivity index (χ3v) is 4.47. The van der Waals surface area contributed by atoms with Crippen LogP contribution in [-0.2, 0) is 10.2 Å². The van der Waals surface area contributed by atoms with Crippen molar-refractivity contribution in [3.8, 4) is 0 Å². The summed E-state index contributed by atoms with van der Waals surface area (Å²) in [6, 6.07) is 0.168. The van der Waals surface area contributed by atoms with Crippen LogP contribution in [0.4, 0.5) is 0 Å². The van der Waals surface area contributed by atoms with Crippen LogP contribution in [0.15, 0.2) is 12.7 Å². The standard InChI is InChI=1S/C10H20N2O2S/c1-3-9-11-15(13,14)12(2)10-7-5-4-6-8-10/h3,10-11H,1,4-9H2,2H3. The van der Waals surface area contributed by atoms with E-state index in [0.29, 0.717) is 6.54 Å². The van der Waals surface area contributed by atoms with Crippen molar-refractivity contribution in [1.29, 1.82) is 0 Å². The molecule has 0 spiro atoms. The van der Waals surface area contributed by atoms with Gasteiger partial charge in [-0.2, -0.15) is 17.4 Å². The molecule has 0 radical (unpaired) electrons. The first-order valence-electron chi connectivity index (χ1n) is 5.41. The number of hydrogen-bond donors (Lipinski definition) is 1. The molecule has 1 saturated carbocycles. The highest BCUT2D eigenvalue weighted by molar-refractivity contribution is 7.87. The maximum absolute atomic E-state index is 11.8. The fourth-order valence-corrected chi connectivity index (χ4v) is 3.04. The zero-order valence-corrected chi connectivity index (χ0v) is 10.1. The van der Waals surface area contributed by atoms with Crippen molar-refractivity contribution in [2.45, 2.75) is 38.1 Å². The predicted molar refractivity (Wildman–Crippen MR) is 61.8 cm³/mol. The molecule has 15 heavy (non-hydrogen) atoms. The van der Waals surface area contributed by atoms with Gasteiger partial charge in [0.15, 0.2) is 0 Å². The molecule has 0 amide bonds. The van der Waals surface area contributed by atoms with E-state index in [9.17, 15) is 8.42 Å². The zero-order valence-electron chi connectivity index (χ0n) is 9.28. The first kappa shape index (κ1) is 12.7. The largest absolute Gasteiger partial charge is 0.279 e. The fourth-order valence-electron chi connectivity index (χ4n) is 1.91. The van der Waals surface area contributed by atoms with E-state index in [4.69, 9.17) is 0 Å². The second-order valence-corrected chi connectivity index (χ2v) is 5.76. The Balaban J connectivity index is 2.56. The molecular formula is C10H20N2O2S. The van der Waals surface area contributed by atoms with Gasteiger partial charge in [0.25, 0.3) is 10.2 Å². The van der Waals surface area contributed by atoms with Crippen LogP contribution in [0.5, 0.6) is 0 Å². The summed E-state index contributed by atoms with van der Waals surface area (Å²) in [7, 11) is -1.66. The molecule has 0 aliphatic heterocycles. The molecule has 0 aromatic carbocycles. The molecule has 0 bridgehead atoms. The van der Waals surface area contributed by atoms with Crippen LogP contribution in [0, 0.1) is 0 Å². The second-order valence-electron chi connectivity index (χ2n) is 3.95. The quantitative estimate of drug-likeness (QED) is 0.726. The Morgan fingerprint density at radius 1 is 1.40 bits per heavy atom. The van der Waals surface area contributed by atoms with Gasteiger partial charge in [0.1, 0.15) is 0 Å².